The van der Waals surface area contributed by atoms with Crippen LogP contribution in [0.4, 0.5) is 5.69 Å². The van der Waals surface area contributed by atoms with E-state index in [1.165, 1.54) is 18.2 Å². The highest BCUT2D eigenvalue weighted by Crippen LogP contribution is 2.23. The lowest BCUT2D eigenvalue weighted by Crippen LogP contribution is -2.15. The Morgan fingerprint density at radius 2 is 1.79 bits per heavy atom. The summed E-state index contributed by atoms with van der Waals surface area (Å²) in [6, 6.07) is 10.8. The summed E-state index contributed by atoms with van der Waals surface area (Å²) in [5, 5.41) is 0.718. The highest BCUT2D eigenvalue weighted by Gasteiger charge is 2.16. The van der Waals surface area contributed by atoms with E-state index in [-0.39, 0.29) is 28.6 Å². The Hall–Kier alpha value is -1.76. The van der Waals surface area contributed by atoms with Gasteiger partial charge in [-0.05, 0) is 42.8 Å². The fraction of sp³-hybridized carbons (Fsp3) is 0.188. The monoisotopic (exact) mass is 387 g/mol. The third-order valence-electron chi connectivity index (χ3n) is 3.01. The molecule has 2 rings (SSSR count). The fourth-order valence-electron chi connectivity index (χ4n) is 1.97. The first-order chi connectivity index (χ1) is 11.3. The topological polar surface area (TPSA) is 72.5 Å². The number of ether oxygens (including phenoxy) is 1. The van der Waals surface area contributed by atoms with Crippen molar-refractivity contribution >= 4 is 44.9 Å². The molecule has 0 unspecified atom stereocenters. The van der Waals surface area contributed by atoms with Crippen molar-refractivity contribution in [3.63, 3.8) is 0 Å². The summed E-state index contributed by atoms with van der Waals surface area (Å²) in [6.45, 7) is 1.87. The third-order valence-corrected chi connectivity index (χ3v) is 4.85. The van der Waals surface area contributed by atoms with Gasteiger partial charge >= 0.3 is 5.97 Å². The van der Waals surface area contributed by atoms with Crippen LogP contribution in [0.3, 0.4) is 0 Å². The van der Waals surface area contributed by atoms with Crippen molar-refractivity contribution in [1.82, 2.24) is 0 Å². The second-order valence-electron chi connectivity index (χ2n) is 4.90. The molecule has 8 heteroatoms. The third kappa shape index (κ3) is 5.12. The molecule has 1 N–H and O–H groups in total. The number of benzene rings is 2. The number of anilines is 1. The van der Waals surface area contributed by atoms with Gasteiger partial charge in [0.1, 0.15) is 0 Å². The van der Waals surface area contributed by atoms with E-state index < -0.39 is 16.0 Å². The van der Waals surface area contributed by atoms with Crippen LogP contribution in [-0.4, -0.2) is 21.0 Å². The molecule has 5 nitrogen and oxygen atoms in total. The zero-order chi connectivity index (χ0) is 17.7. The van der Waals surface area contributed by atoms with Crippen molar-refractivity contribution in [3.05, 3.63) is 63.6 Å². The summed E-state index contributed by atoms with van der Waals surface area (Å²) in [7, 11) is -3.66. The van der Waals surface area contributed by atoms with Gasteiger partial charge in [-0.25, -0.2) is 13.2 Å². The van der Waals surface area contributed by atoms with E-state index in [4.69, 9.17) is 27.9 Å². The molecule has 0 aromatic heterocycles. The van der Waals surface area contributed by atoms with Crippen LogP contribution in [0.1, 0.15) is 22.8 Å². The van der Waals surface area contributed by atoms with Crippen LogP contribution in [-0.2, 0) is 20.5 Å². The molecule has 0 aliphatic heterocycles. The molecule has 0 amide bonds. The molecule has 2 aromatic rings. The molecule has 0 aliphatic rings. The van der Waals surface area contributed by atoms with Crippen molar-refractivity contribution in [2.75, 3.05) is 11.3 Å². The number of rotatable bonds is 6. The molecule has 0 saturated heterocycles. The standard InChI is InChI=1S/C16H15Cl2NO4S/c1-2-23-16(20)14-9-13(7-8-15(14)18)19-24(21,22)10-11-3-5-12(17)6-4-11/h3-9,19H,2,10H2,1H3. The molecule has 128 valence electrons. The van der Waals surface area contributed by atoms with E-state index in [1.54, 1.807) is 31.2 Å². The van der Waals surface area contributed by atoms with Crippen molar-refractivity contribution in [2.24, 2.45) is 0 Å². The average Bonchev–Trinajstić information content (AvgIpc) is 2.51. The number of carbonyl (C=O) groups excluding carboxylic acids is 1. The summed E-state index contributed by atoms with van der Waals surface area (Å²) in [5.41, 5.74) is 0.924. The van der Waals surface area contributed by atoms with Gasteiger partial charge in [0.15, 0.2) is 0 Å². The molecule has 0 bridgehead atoms. The zero-order valence-electron chi connectivity index (χ0n) is 12.8. The number of esters is 1. The van der Waals surface area contributed by atoms with Crippen molar-refractivity contribution in [3.8, 4) is 0 Å². The Balaban J connectivity index is 2.18. The predicted molar refractivity (Wildman–Crippen MR) is 95.1 cm³/mol. The van der Waals surface area contributed by atoms with Crippen molar-refractivity contribution in [2.45, 2.75) is 12.7 Å². The van der Waals surface area contributed by atoms with Crippen LogP contribution >= 0.6 is 23.2 Å². The normalized spacial score (nSPS) is 11.1. The van der Waals surface area contributed by atoms with E-state index in [0.29, 0.717) is 10.6 Å². The summed E-state index contributed by atoms with van der Waals surface area (Å²) in [4.78, 5) is 11.8. The molecule has 24 heavy (non-hydrogen) atoms. The number of hydrogen-bond acceptors (Lipinski definition) is 4. The SMILES string of the molecule is CCOC(=O)c1cc(NS(=O)(=O)Cc2ccc(Cl)cc2)ccc1Cl. The lowest BCUT2D eigenvalue weighted by atomic mass is 10.2. The van der Waals surface area contributed by atoms with Gasteiger partial charge in [-0.15, -0.1) is 0 Å². The molecule has 2 aromatic carbocycles. The molecule has 0 fully saturated rings. The number of halogens is 2. The van der Waals surface area contributed by atoms with Crippen LogP contribution < -0.4 is 4.72 Å². The Labute approximate surface area is 150 Å². The molecule has 0 spiro atoms. The molecule has 0 aliphatic carbocycles. The van der Waals surface area contributed by atoms with E-state index in [0.717, 1.165) is 0 Å². The van der Waals surface area contributed by atoms with Gasteiger partial charge in [-0.3, -0.25) is 4.72 Å². The summed E-state index contributed by atoms with van der Waals surface area (Å²) >= 11 is 11.7. The molecule has 0 radical (unpaired) electrons. The van der Waals surface area contributed by atoms with Gasteiger partial charge in [-0.2, -0.15) is 0 Å². The van der Waals surface area contributed by atoms with Crippen LogP contribution in [0.2, 0.25) is 10.0 Å². The van der Waals surface area contributed by atoms with E-state index in [2.05, 4.69) is 4.72 Å². The van der Waals surface area contributed by atoms with Crippen LogP contribution in [0, 0.1) is 0 Å². The second-order valence-corrected chi connectivity index (χ2v) is 7.47. The summed E-state index contributed by atoms with van der Waals surface area (Å²) < 4.78 is 31.8. The minimum Gasteiger partial charge on any atom is -0.462 e. The number of carbonyl (C=O) groups is 1. The molecular formula is C16H15Cl2NO4S. The smallest absolute Gasteiger partial charge is 0.339 e. The van der Waals surface area contributed by atoms with Gasteiger partial charge in [0.25, 0.3) is 0 Å². The van der Waals surface area contributed by atoms with Gasteiger partial charge in [0.2, 0.25) is 10.0 Å². The summed E-state index contributed by atoms with van der Waals surface area (Å²) in [5.74, 6) is -0.831. The second kappa shape index (κ2) is 7.88. The highest BCUT2D eigenvalue weighted by molar-refractivity contribution is 7.91. The van der Waals surface area contributed by atoms with E-state index in [1.807, 2.05) is 0 Å². The highest BCUT2D eigenvalue weighted by atomic mass is 35.5. The largest absolute Gasteiger partial charge is 0.462 e. The zero-order valence-corrected chi connectivity index (χ0v) is 15.1. The van der Waals surface area contributed by atoms with Crippen LogP contribution in [0.25, 0.3) is 0 Å². The maximum Gasteiger partial charge on any atom is 0.339 e. The Morgan fingerprint density at radius 1 is 1.12 bits per heavy atom. The first-order valence-corrected chi connectivity index (χ1v) is 9.43. The van der Waals surface area contributed by atoms with Gasteiger partial charge in [0.05, 0.1) is 22.9 Å². The first kappa shape index (κ1) is 18.6. The quantitative estimate of drug-likeness (QED) is 0.756. The Bertz CT molecular complexity index is 836. The lowest BCUT2D eigenvalue weighted by molar-refractivity contribution is 0.0526. The average molecular weight is 388 g/mol. The van der Waals surface area contributed by atoms with E-state index >= 15 is 0 Å². The van der Waals surface area contributed by atoms with Crippen LogP contribution in [0.15, 0.2) is 42.5 Å². The molecular weight excluding hydrogens is 373 g/mol. The first-order valence-electron chi connectivity index (χ1n) is 7.02. The number of hydrogen-bond donors (Lipinski definition) is 1. The van der Waals surface area contributed by atoms with Gasteiger partial charge in [0, 0.05) is 10.7 Å². The molecule has 0 atom stereocenters. The van der Waals surface area contributed by atoms with Gasteiger partial charge < -0.3 is 4.74 Å². The van der Waals surface area contributed by atoms with Crippen molar-refractivity contribution in [1.29, 1.82) is 0 Å². The summed E-state index contributed by atoms with van der Waals surface area (Å²) in [6.07, 6.45) is 0. The lowest BCUT2D eigenvalue weighted by Gasteiger charge is -2.10. The predicted octanol–water partition coefficient (Wildman–Crippen LogP) is 4.11. The minimum absolute atomic E-state index is 0.102. The number of sulfonamides is 1. The maximum atomic E-state index is 12.3. The van der Waals surface area contributed by atoms with Crippen LogP contribution in [0.5, 0.6) is 0 Å². The molecule has 0 saturated carbocycles. The number of nitrogens with one attached hydrogen (secondary N) is 1. The van der Waals surface area contributed by atoms with Gasteiger partial charge in [-0.1, -0.05) is 35.3 Å². The van der Waals surface area contributed by atoms with Crippen molar-refractivity contribution < 1.29 is 17.9 Å². The Kier molecular flexibility index (Phi) is 6.10. The maximum absolute atomic E-state index is 12.3. The minimum atomic E-state index is -3.66. The molecule has 0 heterocycles. The Morgan fingerprint density at radius 3 is 2.42 bits per heavy atom. The van der Waals surface area contributed by atoms with E-state index in [9.17, 15) is 13.2 Å². The fourth-order valence-corrected chi connectivity index (χ4v) is 3.48.